The summed E-state index contributed by atoms with van der Waals surface area (Å²) in [4.78, 5) is 10.8. The van der Waals surface area contributed by atoms with Crippen LogP contribution in [0.1, 0.15) is 21.7 Å². The fourth-order valence-corrected chi connectivity index (χ4v) is 2.14. The molecule has 94 valence electrons. The second-order valence-corrected chi connectivity index (χ2v) is 4.80. The molecular weight excluding hydrogens is 303 g/mol. The van der Waals surface area contributed by atoms with Crippen LogP contribution in [0.3, 0.4) is 0 Å². The van der Waals surface area contributed by atoms with Gasteiger partial charge in [0.05, 0.1) is 10.2 Å². The van der Waals surface area contributed by atoms with Crippen LogP contribution in [-0.2, 0) is 0 Å². The van der Waals surface area contributed by atoms with Gasteiger partial charge in [-0.2, -0.15) is 5.10 Å². The predicted octanol–water partition coefficient (Wildman–Crippen LogP) is 3.09. The van der Waals surface area contributed by atoms with Crippen LogP contribution in [0.2, 0.25) is 0 Å². The minimum atomic E-state index is -1.10. The lowest BCUT2D eigenvalue weighted by Crippen LogP contribution is -2.04. The fourth-order valence-electron chi connectivity index (χ4n) is 1.69. The minimum absolute atomic E-state index is 0.0600. The summed E-state index contributed by atoms with van der Waals surface area (Å²) < 4.78 is 15.3. The van der Waals surface area contributed by atoms with Crippen LogP contribution in [-0.4, -0.2) is 20.9 Å². The number of carbonyl (C=O) groups is 1. The van der Waals surface area contributed by atoms with E-state index in [2.05, 4.69) is 21.0 Å². The molecule has 0 saturated heterocycles. The van der Waals surface area contributed by atoms with E-state index in [0.717, 1.165) is 5.56 Å². The number of nitrogens with zero attached hydrogens (tertiary/aromatic N) is 2. The van der Waals surface area contributed by atoms with Gasteiger partial charge in [0.1, 0.15) is 5.82 Å². The maximum Gasteiger partial charge on any atom is 0.356 e. The second-order valence-electron chi connectivity index (χ2n) is 3.94. The van der Waals surface area contributed by atoms with Crippen LogP contribution in [0.5, 0.6) is 0 Å². The van der Waals surface area contributed by atoms with E-state index in [9.17, 15) is 9.18 Å². The van der Waals surface area contributed by atoms with Gasteiger partial charge in [-0.05, 0) is 47.5 Å². The summed E-state index contributed by atoms with van der Waals surface area (Å²) in [6.45, 7) is 3.53. The highest BCUT2D eigenvalue weighted by Crippen LogP contribution is 2.24. The van der Waals surface area contributed by atoms with E-state index in [-0.39, 0.29) is 5.69 Å². The molecule has 0 aliphatic heterocycles. The second kappa shape index (κ2) is 4.53. The lowest BCUT2D eigenvalue weighted by Gasteiger charge is -2.09. The molecule has 0 aliphatic rings. The van der Waals surface area contributed by atoms with Crippen molar-refractivity contribution in [2.75, 3.05) is 0 Å². The van der Waals surface area contributed by atoms with E-state index < -0.39 is 11.8 Å². The zero-order chi connectivity index (χ0) is 13.4. The zero-order valence-corrected chi connectivity index (χ0v) is 11.3. The zero-order valence-electron chi connectivity index (χ0n) is 9.74. The standard InChI is InChI=1S/C12H10BrFN2O2/c1-6-3-8(13)9(14)5-11(6)16-7(2)4-10(15-16)12(17)18/h3-5H,1-2H3,(H,17,18). The summed E-state index contributed by atoms with van der Waals surface area (Å²) in [5.41, 5.74) is 1.90. The third-order valence-corrected chi connectivity index (χ3v) is 3.18. The number of aryl methyl sites for hydroxylation is 2. The van der Waals surface area contributed by atoms with Gasteiger partial charge < -0.3 is 5.11 Å². The Hall–Kier alpha value is -1.69. The van der Waals surface area contributed by atoms with Gasteiger partial charge in [-0.1, -0.05) is 0 Å². The van der Waals surface area contributed by atoms with E-state index in [1.807, 2.05) is 0 Å². The highest BCUT2D eigenvalue weighted by Gasteiger charge is 2.14. The highest BCUT2D eigenvalue weighted by molar-refractivity contribution is 9.10. The van der Waals surface area contributed by atoms with Crippen molar-refractivity contribution >= 4 is 21.9 Å². The van der Waals surface area contributed by atoms with Crippen LogP contribution in [0.25, 0.3) is 5.69 Å². The molecule has 0 unspecified atom stereocenters. The monoisotopic (exact) mass is 312 g/mol. The summed E-state index contributed by atoms with van der Waals surface area (Å²) in [7, 11) is 0. The van der Waals surface area contributed by atoms with E-state index in [0.29, 0.717) is 15.9 Å². The SMILES string of the molecule is Cc1cc(Br)c(F)cc1-n1nc(C(=O)O)cc1C. The molecule has 0 spiro atoms. The molecule has 0 radical (unpaired) electrons. The number of halogens is 2. The Labute approximate surface area is 111 Å². The third-order valence-electron chi connectivity index (χ3n) is 2.57. The lowest BCUT2D eigenvalue weighted by atomic mass is 10.2. The van der Waals surface area contributed by atoms with E-state index in [4.69, 9.17) is 5.11 Å². The van der Waals surface area contributed by atoms with Crippen LogP contribution in [0.4, 0.5) is 4.39 Å². The Bertz CT molecular complexity index is 637. The Morgan fingerprint density at radius 1 is 1.39 bits per heavy atom. The molecule has 0 bridgehead atoms. The molecule has 1 N–H and O–H groups in total. The molecule has 1 aromatic heterocycles. The molecule has 4 nitrogen and oxygen atoms in total. The smallest absolute Gasteiger partial charge is 0.356 e. The number of aromatic carboxylic acids is 1. The van der Waals surface area contributed by atoms with Crippen molar-refractivity contribution < 1.29 is 14.3 Å². The van der Waals surface area contributed by atoms with Gasteiger partial charge in [0.25, 0.3) is 0 Å². The number of carboxylic acid groups (broad SMARTS) is 1. The van der Waals surface area contributed by atoms with Crippen molar-refractivity contribution in [3.8, 4) is 5.69 Å². The molecule has 6 heteroatoms. The van der Waals surface area contributed by atoms with Gasteiger partial charge in [-0.3, -0.25) is 0 Å². The number of rotatable bonds is 2. The Balaban J connectivity index is 2.62. The molecular formula is C12H10BrFN2O2. The molecule has 0 fully saturated rings. The maximum absolute atomic E-state index is 13.5. The number of carboxylic acids is 1. The Morgan fingerprint density at radius 2 is 2.06 bits per heavy atom. The summed E-state index contributed by atoms with van der Waals surface area (Å²) in [6.07, 6.45) is 0. The van der Waals surface area contributed by atoms with Crippen molar-refractivity contribution in [2.24, 2.45) is 0 Å². The number of hydrogen-bond donors (Lipinski definition) is 1. The van der Waals surface area contributed by atoms with Crippen molar-refractivity contribution in [1.82, 2.24) is 9.78 Å². The van der Waals surface area contributed by atoms with Gasteiger partial charge in [-0.15, -0.1) is 0 Å². The first-order valence-electron chi connectivity index (χ1n) is 5.16. The predicted molar refractivity (Wildman–Crippen MR) is 67.7 cm³/mol. The molecule has 0 aliphatic carbocycles. The molecule has 1 heterocycles. The molecule has 0 amide bonds. The van der Waals surface area contributed by atoms with E-state index in [1.54, 1.807) is 19.9 Å². The van der Waals surface area contributed by atoms with Crippen molar-refractivity contribution in [1.29, 1.82) is 0 Å². The summed E-state index contributed by atoms with van der Waals surface area (Å²) in [6, 6.07) is 4.40. The Kier molecular flexibility index (Phi) is 3.21. The molecule has 2 aromatic rings. The first-order chi connectivity index (χ1) is 8.40. The van der Waals surface area contributed by atoms with E-state index >= 15 is 0 Å². The van der Waals surface area contributed by atoms with E-state index in [1.165, 1.54) is 16.8 Å². The molecule has 1 aromatic carbocycles. The van der Waals surface area contributed by atoms with Gasteiger partial charge in [0.15, 0.2) is 5.69 Å². The van der Waals surface area contributed by atoms with Crippen LogP contribution >= 0.6 is 15.9 Å². The topological polar surface area (TPSA) is 55.1 Å². The molecule has 0 atom stereocenters. The number of aromatic nitrogens is 2. The first kappa shape index (κ1) is 12.8. The lowest BCUT2D eigenvalue weighted by molar-refractivity contribution is 0.0690. The van der Waals surface area contributed by atoms with Crippen molar-refractivity contribution in [3.05, 3.63) is 45.4 Å². The van der Waals surface area contributed by atoms with Crippen molar-refractivity contribution in [2.45, 2.75) is 13.8 Å². The third kappa shape index (κ3) is 2.15. The molecule has 0 saturated carbocycles. The van der Waals surface area contributed by atoms with Crippen LogP contribution in [0.15, 0.2) is 22.7 Å². The van der Waals surface area contributed by atoms with Gasteiger partial charge >= 0.3 is 5.97 Å². The van der Waals surface area contributed by atoms with Gasteiger partial charge in [-0.25, -0.2) is 13.9 Å². The molecule has 18 heavy (non-hydrogen) atoms. The van der Waals surface area contributed by atoms with Gasteiger partial charge in [0, 0.05) is 11.8 Å². The summed E-state index contributed by atoms with van der Waals surface area (Å²) in [5.74, 6) is -1.52. The first-order valence-corrected chi connectivity index (χ1v) is 5.95. The normalized spacial score (nSPS) is 10.7. The number of benzene rings is 1. The number of hydrogen-bond acceptors (Lipinski definition) is 2. The molecule has 2 rings (SSSR count). The van der Waals surface area contributed by atoms with Crippen LogP contribution in [0, 0.1) is 19.7 Å². The summed E-state index contributed by atoms with van der Waals surface area (Å²) >= 11 is 3.10. The average Bonchev–Trinajstić information content (AvgIpc) is 2.66. The quantitative estimate of drug-likeness (QED) is 0.927. The average molecular weight is 313 g/mol. The van der Waals surface area contributed by atoms with Crippen LogP contribution < -0.4 is 0 Å². The maximum atomic E-state index is 13.5. The van der Waals surface area contributed by atoms with Crippen molar-refractivity contribution in [3.63, 3.8) is 0 Å². The highest BCUT2D eigenvalue weighted by atomic mass is 79.9. The fraction of sp³-hybridized carbons (Fsp3) is 0.167. The van der Waals surface area contributed by atoms with Gasteiger partial charge in [0.2, 0.25) is 0 Å². The Morgan fingerprint density at radius 3 is 2.61 bits per heavy atom. The minimum Gasteiger partial charge on any atom is -0.476 e. The largest absolute Gasteiger partial charge is 0.476 e. The summed E-state index contributed by atoms with van der Waals surface area (Å²) in [5, 5.41) is 12.8.